The molecule has 0 radical (unpaired) electrons. The first kappa shape index (κ1) is 15.0. The molecule has 0 saturated heterocycles. The molecule has 0 aliphatic carbocycles. The average molecular weight is 308 g/mol. The first-order valence-electron chi connectivity index (χ1n) is 6.06. The van der Waals surface area contributed by atoms with Crippen LogP contribution in [0.1, 0.15) is 18.5 Å². The van der Waals surface area contributed by atoms with Crippen LogP contribution in [0.4, 0.5) is 0 Å². The van der Waals surface area contributed by atoms with Gasteiger partial charge in [0.25, 0.3) is 0 Å². The van der Waals surface area contributed by atoms with E-state index in [0.717, 1.165) is 15.5 Å². The van der Waals surface area contributed by atoms with Crippen molar-refractivity contribution in [1.29, 1.82) is 0 Å². The molecule has 1 heterocycles. The maximum atomic E-state index is 11.4. The summed E-state index contributed by atoms with van der Waals surface area (Å²) in [5.41, 5.74) is 6.89. The molecule has 0 bridgehead atoms. The topological polar surface area (TPSA) is 73.0 Å². The highest BCUT2D eigenvalue weighted by molar-refractivity contribution is 7.99. The summed E-state index contributed by atoms with van der Waals surface area (Å²) in [6, 6.07) is 10.5. The Morgan fingerprint density at radius 1 is 1.20 bits per heavy atom. The molecule has 0 saturated carbocycles. The lowest BCUT2D eigenvalue weighted by atomic mass is 10.2. The van der Waals surface area contributed by atoms with Crippen LogP contribution in [0.15, 0.2) is 57.4 Å². The summed E-state index contributed by atoms with van der Waals surface area (Å²) in [7, 11) is -3.16. The Hall–Kier alpha value is -1.37. The van der Waals surface area contributed by atoms with Crippen LogP contribution in [-0.2, 0) is 9.84 Å². The van der Waals surface area contributed by atoms with Gasteiger partial charge in [-0.05, 0) is 37.3 Å². The molecule has 0 fully saturated rings. The van der Waals surface area contributed by atoms with E-state index >= 15 is 0 Å². The average Bonchev–Trinajstić information content (AvgIpc) is 2.38. The molecular formula is C14H16N2O2S2. The lowest BCUT2D eigenvalue weighted by Crippen LogP contribution is -2.07. The predicted molar refractivity (Wildman–Crippen MR) is 80.5 cm³/mol. The number of nitrogens with zero attached hydrogens (tertiary/aromatic N) is 1. The third-order valence-corrected chi connectivity index (χ3v) is 4.93. The zero-order valence-corrected chi connectivity index (χ0v) is 12.9. The van der Waals surface area contributed by atoms with Crippen molar-refractivity contribution < 1.29 is 8.42 Å². The van der Waals surface area contributed by atoms with Crippen molar-refractivity contribution in [3.05, 3.63) is 48.2 Å². The molecule has 0 amide bonds. The van der Waals surface area contributed by atoms with Gasteiger partial charge >= 0.3 is 0 Å². The van der Waals surface area contributed by atoms with E-state index in [4.69, 9.17) is 5.73 Å². The monoisotopic (exact) mass is 308 g/mol. The predicted octanol–water partition coefficient (Wildman–Crippen LogP) is 2.66. The molecule has 2 rings (SSSR count). The number of aromatic nitrogens is 1. The number of pyridine rings is 1. The van der Waals surface area contributed by atoms with E-state index in [1.54, 1.807) is 30.5 Å². The standard InChI is InChI=1S/C14H16N2O2S2/c1-10(15)13-4-3-9-16-14(13)19-11-5-7-12(8-6-11)20(2,17)18/h3-10H,15H2,1-2H3/t10-/m0/s1. The minimum Gasteiger partial charge on any atom is -0.324 e. The SMILES string of the molecule is C[C@H](N)c1cccnc1Sc1ccc(S(C)(=O)=O)cc1. The Bertz CT molecular complexity index is 695. The second-order valence-electron chi connectivity index (χ2n) is 4.53. The summed E-state index contributed by atoms with van der Waals surface area (Å²) in [5.74, 6) is 0. The zero-order chi connectivity index (χ0) is 14.8. The van der Waals surface area contributed by atoms with Crippen molar-refractivity contribution in [3.63, 3.8) is 0 Å². The molecule has 0 spiro atoms. The van der Waals surface area contributed by atoms with Crippen molar-refractivity contribution in [2.45, 2.75) is 27.8 Å². The van der Waals surface area contributed by atoms with Gasteiger partial charge in [0.15, 0.2) is 9.84 Å². The van der Waals surface area contributed by atoms with Gasteiger partial charge in [0.1, 0.15) is 5.03 Å². The van der Waals surface area contributed by atoms with Gasteiger partial charge in [-0.15, -0.1) is 0 Å². The number of benzene rings is 1. The molecular weight excluding hydrogens is 292 g/mol. The van der Waals surface area contributed by atoms with Gasteiger partial charge in [-0.2, -0.15) is 0 Å². The van der Waals surface area contributed by atoms with Crippen LogP contribution in [0.2, 0.25) is 0 Å². The van der Waals surface area contributed by atoms with Gasteiger partial charge < -0.3 is 5.73 Å². The van der Waals surface area contributed by atoms with Crippen LogP contribution in [0, 0.1) is 0 Å². The van der Waals surface area contributed by atoms with Gasteiger partial charge in [0.05, 0.1) is 4.90 Å². The van der Waals surface area contributed by atoms with Gasteiger partial charge in [-0.3, -0.25) is 0 Å². The van der Waals surface area contributed by atoms with Crippen LogP contribution in [-0.4, -0.2) is 19.7 Å². The molecule has 1 aromatic carbocycles. The van der Waals surface area contributed by atoms with E-state index in [1.807, 2.05) is 19.1 Å². The molecule has 6 heteroatoms. The van der Waals surface area contributed by atoms with Crippen molar-refractivity contribution in [2.24, 2.45) is 5.73 Å². The van der Waals surface area contributed by atoms with Gasteiger partial charge in [0, 0.05) is 29.0 Å². The van der Waals surface area contributed by atoms with Crippen molar-refractivity contribution in [2.75, 3.05) is 6.26 Å². The Balaban J connectivity index is 2.27. The Labute approximate surface area is 123 Å². The smallest absolute Gasteiger partial charge is 0.175 e. The molecule has 1 aromatic heterocycles. The fourth-order valence-corrected chi connectivity index (χ4v) is 3.31. The maximum Gasteiger partial charge on any atom is 0.175 e. The maximum absolute atomic E-state index is 11.4. The van der Waals surface area contributed by atoms with Crippen LogP contribution in [0.25, 0.3) is 0 Å². The van der Waals surface area contributed by atoms with E-state index in [0.29, 0.717) is 4.90 Å². The fraction of sp³-hybridized carbons (Fsp3) is 0.214. The second kappa shape index (κ2) is 5.95. The van der Waals surface area contributed by atoms with Crippen LogP contribution in [0.3, 0.4) is 0 Å². The lowest BCUT2D eigenvalue weighted by Gasteiger charge is -2.10. The van der Waals surface area contributed by atoms with E-state index in [9.17, 15) is 8.42 Å². The first-order valence-corrected chi connectivity index (χ1v) is 8.77. The molecule has 1 atom stereocenters. The zero-order valence-electron chi connectivity index (χ0n) is 11.3. The Morgan fingerprint density at radius 3 is 2.40 bits per heavy atom. The molecule has 0 unspecified atom stereocenters. The summed E-state index contributed by atoms with van der Waals surface area (Å²) >= 11 is 1.48. The molecule has 0 aliphatic heterocycles. The van der Waals surface area contributed by atoms with Gasteiger partial charge in [0.2, 0.25) is 0 Å². The number of hydrogen-bond donors (Lipinski definition) is 1. The van der Waals surface area contributed by atoms with E-state index in [2.05, 4.69) is 4.98 Å². The number of hydrogen-bond acceptors (Lipinski definition) is 5. The summed E-state index contributed by atoms with van der Waals surface area (Å²) in [4.78, 5) is 5.57. The number of sulfone groups is 1. The van der Waals surface area contributed by atoms with Crippen molar-refractivity contribution in [1.82, 2.24) is 4.98 Å². The summed E-state index contributed by atoms with van der Waals surface area (Å²) < 4.78 is 22.8. The van der Waals surface area contributed by atoms with Crippen LogP contribution in [0.5, 0.6) is 0 Å². The lowest BCUT2D eigenvalue weighted by molar-refractivity contribution is 0.602. The molecule has 0 aliphatic rings. The highest BCUT2D eigenvalue weighted by Crippen LogP contribution is 2.31. The Morgan fingerprint density at radius 2 is 1.85 bits per heavy atom. The quantitative estimate of drug-likeness (QED) is 0.940. The van der Waals surface area contributed by atoms with E-state index in [-0.39, 0.29) is 6.04 Å². The van der Waals surface area contributed by atoms with Gasteiger partial charge in [-0.25, -0.2) is 13.4 Å². The third kappa shape index (κ3) is 3.59. The van der Waals surface area contributed by atoms with Gasteiger partial charge in [-0.1, -0.05) is 17.8 Å². The van der Waals surface area contributed by atoms with Crippen molar-refractivity contribution >= 4 is 21.6 Å². The molecule has 2 N–H and O–H groups in total. The molecule has 4 nitrogen and oxygen atoms in total. The highest BCUT2D eigenvalue weighted by Gasteiger charge is 2.10. The second-order valence-corrected chi connectivity index (χ2v) is 7.61. The fourth-order valence-electron chi connectivity index (χ4n) is 1.70. The molecule has 106 valence electrons. The van der Waals surface area contributed by atoms with Crippen LogP contribution >= 0.6 is 11.8 Å². The first-order chi connectivity index (χ1) is 9.38. The normalized spacial score (nSPS) is 13.2. The van der Waals surface area contributed by atoms with E-state index in [1.165, 1.54) is 18.0 Å². The molecule has 20 heavy (non-hydrogen) atoms. The van der Waals surface area contributed by atoms with Crippen LogP contribution < -0.4 is 5.73 Å². The minimum absolute atomic E-state index is 0.0958. The molecule has 2 aromatic rings. The third-order valence-electron chi connectivity index (χ3n) is 2.76. The Kier molecular flexibility index (Phi) is 4.47. The minimum atomic E-state index is -3.16. The number of rotatable bonds is 4. The largest absolute Gasteiger partial charge is 0.324 e. The summed E-state index contributed by atoms with van der Waals surface area (Å²) in [6.07, 6.45) is 2.92. The van der Waals surface area contributed by atoms with Crippen molar-refractivity contribution in [3.8, 4) is 0 Å². The number of nitrogens with two attached hydrogens (primary N) is 1. The highest BCUT2D eigenvalue weighted by atomic mass is 32.2. The summed E-state index contributed by atoms with van der Waals surface area (Å²) in [5, 5.41) is 0.842. The van der Waals surface area contributed by atoms with E-state index < -0.39 is 9.84 Å². The summed E-state index contributed by atoms with van der Waals surface area (Å²) in [6.45, 7) is 1.91.